The summed E-state index contributed by atoms with van der Waals surface area (Å²) in [5.74, 6) is -0.994. The van der Waals surface area contributed by atoms with E-state index < -0.39 is 18.2 Å². The second-order valence-corrected chi connectivity index (χ2v) is 2.05. The fourth-order valence-corrected chi connectivity index (χ4v) is 0.783. The number of carbonyl (C=O) groups is 1. The van der Waals surface area contributed by atoms with Crippen LogP contribution in [0.25, 0.3) is 0 Å². The number of hydrogen-bond acceptors (Lipinski definition) is 3. The molecule has 0 aromatic carbocycles. The lowest BCUT2D eigenvalue weighted by Gasteiger charge is -1.98. The smallest absolute Gasteiger partial charge is 0.332 e. The Hall–Kier alpha value is -0.610. The third-order valence-corrected chi connectivity index (χ3v) is 1.25. The fraction of sp³-hybridized carbons (Fsp3) is 0.800. The maximum absolute atomic E-state index is 10.1. The second-order valence-electron chi connectivity index (χ2n) is 2.05. The first kappa shape index (κ1) is 6.51. The number of hydrogen-bond donors (Lipinski definition) is 2. The third-order valence-electron chi connectivity index (χ3n) is 1.25. The lowest BCUT2D eigenvalue weighted by atomic mass is 10.2. The van der Waals surface area contributed by atoms with Crippen molar-refractivity contribution in [3.8, 4) is 0 Å². The van der Waals surface area contributed by atoms with E-state index in [2.05, 4.69) is 4.74 Å². The van der Waals surface area contributed by atoms with Crippen LogP contribution in [-0.4, -0.2) is 35.0 Å². The van der Waals surface area contributed by atoms with Gasteiger partial charge in [-0.05, 0) is 0 Å². The number of carboxylic acids is 1. The molecule has 1 fully saturated rings. The molecule has 0 unspecified atom stereocenters. The molecule has 2 N–H and O–H groups in total. The summed E-state index contributed by atoms with van der Waals surface area (Å²) in [5.41, 5.74) is 0. The molecule has 0 bridgehead atoms. The van der Waals surface area contributed by atoms with Gasteiger partial charge in [-0.25, -0.2) is 4.79 Å². The lowest BCUT2D eigenvalue weighted by molar-refractivity contribution is -0.147. The highest BCUT2D eigenvalue weighted by Gasteiger charge is 2.28. The van der Waals surface area contributed by atoms with Gasteiger partial charge < -0.3 is 14.9 Å². The van der Waals surface area contributed by atoms with Gasteiger partial charge in [-0.2, -0.15) is 0 Å². The molecule has 0 radical (unpaired) electrons. The first-order valence-corrected chi connectivity index (χ1v) is 2.72. The van der Waals surface area contributed by atoms with Crippen molar-refractivity contribution in [1.82, 2.24) is 0 Å². The molecule has 0 saturated carbocycles. The quantitative estimate of drug-likeness (QED) is 0.491. The maximum atomic E-state index is 10.1. The van der Waals surface area contributed by atoms with Crippen molar-refractivity contribution < 1.29 is 19.7 Å². The summed E-state index contributed by atoms with van der Waals surface area (Å²) in [6.45, 7) is 0.150. The van der Waals surface area contributed by atoms with Crippen LogP contribution in [0, 0.1) is 0 Å². The van der Waals surface area contributed by atoms with Gasteiger partial charge in [0.05, 0.1) is 12.7 Å². The molecule has 1 heterocycles. The standard InChI is InChI=1S/C5H8O4/c6-3-1-4(5(7)8)9-2-3/h3-4,6H,1-2H2,(H,7,8)/t3-,4-/m0/s1. The summed E-state index contributed by atoms with van der Waals surface area (Å²) < 4.78 is 4.68. The van der Waals surface area contributed by atoms with Crippen LogP contribution in [0.1, 0.15) is 6.42 Å². The predicted octanol–water partition coefficient (Wildman–Crippen LogP) is -0.779. The number of aliphatic carboxylic acids is 1. The van der Waals surface area contributed by atoms with E-state index in [1.54, 1.807) is 0 Å². The molecule has 1 aliphatic heterocycles. The molecule has 52 valence electrons. The third kappa shape index (κ3) is 1.40. The van der Waals surface area contributed by atoms with E-state index >= 15 is 0 Å². The average Bonchev–Trinajstić information content (AvgIpc) is 2.14. The Labute approximate surface area is 52.1 Å². The van der Waals surface area contributed by atoms with E-state index in [1.165, 1.54) is 0 Å². The molecular formula is C5H8O4. The van der Waals surface area contributed by atoms with E-state index in [-0.39, 0.29) is 13.0 Å². The van der Waals surface area contributed by atoms with Crippen molar-refractivity contribution in [3.63, 3.8) is 0 Å². The first-order valence-electron chi connectivity index (χ1n) is 2.72. The number of aliphatic hydroxyl groups excluding tert-OH is 1. The topological polar surface area (TPSA) is 66.8 Å². The Balaban J connectivity index is 2.39. The maximum Gasteiger partial charge on any atom is 0.332 e. The fourth-order valence-electron chi connectivity index (χ4n) is 0.783. The predicted molar refractivity (Wildman–Crippen MR) is 28.0 cm³/mol. The summed E-state index contributed by atoms with van der Waals surface area (Å²) in [5, 5.41) is 17.1. The second kappa shape index (κ2) is 2.33. The zero-order valence-electron chi connectivity index (χ0n) is 4.78. The van der Waals surface area contributed by atoms with Gasteiger partial charge in [0.15, 0.2) is 6.10 Å². The molecule has 0 spiro atoms. The Morgan fingerprint density at radius 2 is 2.33 bits per heavy atom. The van der Waals surface area contributed by atoms with Crippen LogP contribution >= 0.6 is 0 Å². The van der Waals surface area contributed by atoms with Crippen molar-refractivity contribution in [3.05, 3.63) is 0 Å². The summed E-state index contributed by atoms with van der Waals surface area (Å²) >= 11 is 0. The highest BCUT2D eigenvalue weighted by Crippen LogP contribution is 2.12. The molecule has 0 aromatic heterocycles. The van der Waals surface area contributed by atoms with E-state index in [0.717, 1.165) is 0 Å². The molecule has 0 aliphatic carbocycles. The van der Waals surface area contributed by atoms with Crippen molar-refractivity contribution in [1.29, 1.82) is 0 Å². The van der Waals surface area contributed by atoms with Crippen LogP contribution in [0.5, 0.6) is 0 Å². The molecule has 1 aliphatic rings. The first-order chi connectivity index (χ1) is 4.20. The van der Waals surface area contributed by atoms with Gasteiger partial charge in [-0.1, -0.05) is 0 Å². The molecule has 0 aromatic rings. The molecule has 2 atom stereocenters. The van der Waals surface area contributed by atoms with Crippen molar-refractivity contribution in [2.75, 3.05) is 6.61 Å². The van der Waals surface area contributed by atoms with E-state index in [0.29, 0.717) is 0 Å². The van der Waals surface area contributed by atoms with Crippen LogP contribution < -0.4 is 0 Å². The summed E-state index contributed by atoms with van der Waals surface area (Å²) in [6, 6.07) is 0. The number of aliphatic hydroxyl groups is 1. The van der Waals surface area contributed by atoms with Gasteiger partial charge in [-0.15, -0.1) is 0 Å². The zero-order valence-corrected chi connectivity index (χ0v) is 4.78. The van der Waals surface area contributed by atoms with Crippen molar-refractivity contribution in [2.24, 2.45) is 0 Å². The summed E-state index contributed by atoms with van der Waals surface area (Å²) in [6.07, 6.45) is -1.17. The van der Waals surface area contributed by atoms with E-state index in [1.807, 2.05) is 0 Å². The average molecular weight is 132 g/mol. The number of carboxylic acid groups (broad SMARTS) is 1. The minimum atomic E-state index is -0.994. The van der Waals surface area contributed by atoms with Crippen LogP contribution in [0.4, 0.5) is 0 Å². The van der Waals surface area contributed by atoms with Gasteiger partial charge in [0.25, 0.3) is 0 Å². The summed E-state index contributed by atoms with van der Waals surface area (Å²) in [4.78, 5) is 10.1. The number of ether oxygens (including phenoxy) is 1. The van der Waals surface area contributed by atoms with Gasteiger partial charge in [-0.3, -0.25) is 0 Å². The Morgan fingerprint density at radius 1 is 1.67 bits per heavy atom. The van der Waals surface area contributed by atoms with E-state index in [9.17, 15) is 4.79 Å². The van der Waals surface area contributed by atoms with Crippen LogP contribution in [0.15, 0.2) is 0 Å². The Bertz CT molecular complexity index is 122. The minimum Gasteiger partial charge on any atom is -0.479 e. The normalized spacial score (nSPS) is 34.8. The molecule has 1 saturated heterocycles. The monoisotopic (exact) mass is 132 g/mol. The SMILES string of the molecule is O=C(O)[C@@H]1C[C@H](O)CO1. The van der Waals surface area contributed by atoms with Crippen LogP contribution in [-0.2, 0) is 9.53 Å². The van der Waals surface area contributed by atoms with Crippen LogP contribution in [0.3, 0.4) is 0 Å². The van der Waals surface area contributed by atoms with Gasteiger partial charge in [0, 0.05) is 6.42 Å². The van der Waals surface area contributed by atoms with Gasteiger partial charge in [0.1, 0.15) is 0 Å². The molecule has 4 nitrogen and oxygen atoms in total. The molecule has 0 amide bonds. The lowest BCUT2D eigenvalue weighted by Crippen LogP contribution is -2.18. The largest absolute Gasteiger partial charge is 0.479 e. The van der Waals surface area contributed by atoms with Crippen molar-refractivity contribution in [2.45, 2.75) is 18.6 Å². The minimum absolute atomic E-state index is 0.150. The molecule has 4 heteroatoms. The molecule has 9 heavy (non-hydrogen) atoms. The zero-order chi connectivity index (χ0) is 6.85. The Kier molecular flexibility index (Phi) is 1.68. The summed E-state index contributed by atoms with van der Waals surface area (Å²) in [7, 11) is 0. The van der Waals surface area contributed by atoms with Crippen LogP contribution in [0.2, 0.25) is 0 Å². The highest BCUT2D eigenvalue weighted by atomic mass is 16.5. The highest BCUT2D eigenvalue weighted by molar-refractivity contribution is 5.72. The van der Waals surface area contributed by atoms with Gasteiger partial charge >= 0.3 is 5.97 Å². The molecular weight excluding hydrogens is 124 g/mol. The van der Waals surface area contributed by atoms with Gasteiger partial charge in [0.2, 0.25) is 0 Å². The van der Waals surface area contributed by atoms with Crippen molar-refractivity contribution >= 4 is 5.97 Å². The Morgan fingerprint density at radius 3 is 2.56 bits per heavy atom. The molecule has 1 rings (SSSR count). The van der Waals surface area contributed by atoms with E-state index in [4.69, 9.17) is 10.2 Å². The number of rotatable bonds is 1.